The summed E-state index contributed by atoms with van der Waals surface area (Å²) in [5.74, 6) is 0. The Balaban J connectivity index is 1.85. The molecule has 0 radical (unpaired) electrons. The summed E-state index contributed by atoms with van der Waals surface area (Å²) in [6.07, 6.45) is -0.303. The minimum absolute atomic E-state index is 0.250. The summed E-state index contributed by atoms with van der Waals surface area (Å²) in [4.78, 5) is 13.5. The number of rotatable bonds is 3. The van der Waals surface area contributed by atoms with E-state index in [4.69, 9.17) is 10.5 Å². The van der Waals surface area contributed by atoms with Gasteiger partial charge in [0.15, 0.2) is 0 Å². The van der Waals surface area contributed by atoms with E-state index in [1.54, 1.807) is 4.90 Å². The molecule has 0 spiro atoms. The van der Waals surface area contributed by atoms with Crippen molar-refractivity contribution in [1.29, 1.82) is 0 Å². The molecule has 2 rings (SSSR count). The third kappa shape index (κ3) is 3.29. The van der Waals surface area contributed by atoms with Gasteiger partial charge in [0.2, 0.25) is 0 Å². The van der Waals surface area contributed by atoms with Crippen molar-refractivity contribution in [3.05, 3.63) is 35.9 Å². The van der Waals surface area contributed by atoms with Crippen molar-refractivity contribution in [2.45, 2.75) is 26.1 Å². The van der Waals surface area contributed by atoms with Crippen molar-refractivity contribution in [3.63, 3.8) is 0 Å². The van der Waals surface area contributed by atoms with Gasteiger partial charge in [0.05, 0.1) is 12.6 Å². The Bertz CT molecular complexity index is 452. The van der Waals surface area contributed by atoms with Crippen molar-refractivity contribution < 1.29 is 14.6 Å². The van der Waals surface area contributed by atoms with Gasteiger partial charge in [-0.15, -0.1) is 0 Å². The van der Waals surface area contributed by atoms with E-state index < -0.39 is 6.10 Å². The second-order valence-corrected chi connectivity index (χ2v) is 5.61. The van der Waals surface area contributed by atoms with Gasteiger partial charge in [-0.3, -0.25) is 0 Å². The molecule has 1 amide bonds. The maximum Gasteiger partial charge on any atom is 0.410 e. The monoisotopic (exact) mass is 278 g/mol. The standard InChI is InChI=1S/C15H22N2O3/c1-15(11-16)7-8-17(9-13(15)18)14(19)20-10-12-5-3-2-4-6-12/h2-6,13,18H,7-11,16H2,1H3. The van der Waals surface area contributed by atoms with E-state index in [1.807, 2.05) is 37.3 Å². The van der Waals surface area contributed by atoms with Gasteiger partial charge in [0, 0.05) is 18.5 Å². The van der Waals surface area contributed by atoms with Gasteiger partial charge < -0.3 is 20.5 Å². The van der Waals surface area contributed by atoms with Crippen LogP contribution in [0.3, 0.4) is 0 Å². The highest BCUT2D eigenvalue weighted by Gasteiger charge is 2.39. The Morgan fingerprint density at radius 1 is 1.50 bits per heavy atom. The first-order valence-electron chi connectivity index (χ1n) is 6.89. The van der Waals surface area contributed by atoms with Crippen molar-refractivity contribution in [2.75, 3.05) is 19.6 Å². The van der Waals surface area contributed by atoms with Crippen LogP contribution in [0, 0.1) is 5.41 Å². The summed E-state index contributed by atoms with van der Waals surface area (Å²) in [7, 11) is 0. The molecule has 2 atom stereocenters. The van der Waals surface area contributed by atoms with Gasteiger partial charge >= 0.3 is 6.09 Å². The summed E-state index contributed by atoms with van der Waals surface area (Å²) in [6, 6.07) is 9.54. The number of aliphatic hydroxyl groups is 1. The predicted molar refractivity (Wildman–Crippen MR) is 76.0 cm³/mol. The lowest BCUT2D eigenvalue weighted by Gasteiger charge is -2.42. The Morgan fingerprint density at radius 3 is 2.80 bits per heavy atom. The second-order valence-electron chi connectivity index (χ2n) is 5.61. The molecule has 1 saturated heterocycles. The fraction of sp³-hybridized carbons (Fsp3) is 0.533. The molecule has 110 valence electrons. The molecular weight excluding hydrogens is 256 g/mol. The number of carbonyl (C=O) groups is 1. The van der Waals surface area contributed by atoms with Crippen molar-refractivity contribution >= 4 is 6.09 Å². The second kappa shape index (κ2) is 6.24. The smallest absolute Gasteiger partial charge is 0.410 e. The average Bonchev–Trinajstić information content (AvgIpc) is 2.48. The van der Waals surface area contributed by atoms with Crippen LogP contribution < -0.4 is 5.73 Å². The highest BCUT2D eigenvalue weighted by Crippen LogP contribution is 2.30. The number of nitrogens with zero attached hydrogens (tertiary/aromatic N) is 1. The number of aliphatic hydroxyl groups excluding tert-OH is 1. The molecule has 20 heavy (non-hydrogen) atoms. The lowest BCUT2D eigenvalue weighted by Crippen LogP contribution is -2.54. The maximum absolute atomic E-state index is 12.0. The Hall–Kier alpha value is -1.59. The molecule has 2 unspecified atom stereocenters. The topological polar surface area (TPSA) is 75.8 Å². The number of carbonyl (C=O) groups excluding carboxylic acids is 1. The van der Waals surface area contributed by atoms with E-state index in [1.165, 1.54) is 0 Å². The number of β-amino-alcohol motifs (C(OH)–C–C–N with tert-alkyl or cyclic N) is 1. The van der Waals surface area contributed by atoms with Gasteiger partial charge in [0.25, 0.3) is 0 Å². The number of hydrogen-bond acceptors (Lipinski definition) is 4. The van der Waals surface area contributed by atoms with Gasteiger partial charge in [-0.05, 0) is 12.0 Å². The van der Waals surface area contributed by atoms with Crippen LogP contribution in [-0.4, -0.2) is 41.8 Å². The molecule has 5 nitrogen and oxygen atoms in total. The molecule has 1 heterocycles. The summed E-state index contributed by atoms with van der Waals surface area (Å²) < 4.78 is 5.26. The maximum atomic E-state index is 12.0. The molecular formula is C15H22N2O3. The first kappa shape index (κ1) is 14.8. The fourth-order valence-corrected chi connectivity index (χ4v) is 2.29. The highest BCUT2D eigenvalue weighted by atomic mass is 16.6. The highest BCUT2D eigenvalue weighted by molar-refractivity contribution is 5.67. The number of ether oxygens (including phenoxy) is 1. The van der Waals surface area contributed by atoms with Crippen LogP contribution in [0.25, 0.3) is 0 Å². The third-order valence-electron chi connectivity index (χ3n) is 4.08. The first-order chi connectivity index (χ1) is 9.55. The number of nitrogens with two attached hydrogens (primary N) is 1. The third-order valence-corrected chi connectivity index (χ3v) is 4.08. The van der Waals surface area contributed by atoms with E-state index in [0.717, 1.165) is 5.56 Å². The summed E-state index contributed by atoms with van der Waals surface area (Å²) >= 11 is 0. The predicted octanol–water partition coefficient (Wildman–Crippen LogP) is 1.35. The number of benzene rings is 1. The van der Waals surface area contributed by atoms with Crippen LogP contribution in [0.15, 0.2) is 30.3 Å². The molecule has 0 saturated carbocycles. The summed E-state index contributed by atoms with van der Waals surface area (Å²) in [5.41, 5.74) is 6.33. The molecule has 1 aromatic rings. The van der Waals surface area contributed by atoms with Crippen LogP contribution in [0.4, 0.5) is 4.79 Å². The van der Waals surface area contributed by atoms with E-state index >= 15 is 0 Å². The Morgan fingerprint density at radius 2 is 2.20 bits per heavy atom. The van der Waals surface area contributed by atoms with Crippen LogP contribution in [-0.2, 0) is 11.3 Å². The van der Waals surface area contributed by atoms with Gasteiger partial charge in [-0.25, -0.2) is 4.79 Å². The quantitative estimate of drug-likeness (QED) is 0.875. The number of likely N-dealkylation sites (tertiary alicyclic amines) is 1. The molecule has 0 bridgehead atoms. The molecule has 1 fully saturated rings. The minimum Gasteiger partial charge on any atom is -0.445 e. The van der Waals surface area contributed by atoms with Crippen molar-refractivity contribution in [3.8, 4) is 0 Å². The molecule has 1 aliphatic rings. The lowest BCUT2D eigenvalue weighted by atomic mass is 9.78. The Labute approximate surface area is 119 Å². The molecule has 1 aliphatic heterocycles. The number of piperidine rings is 1. The summed E-state index contributed by atoms with van der Waals surface area (Å²) in [5, 5.41) is 10.1. The van der Waals surface area contributed by atoms with E-state index in [2.05, 4.69) is 0 Å². The van der Waals surface area contributed by atoms with Crippen LogP contribution in [0.5, 0.6) is 0 Å². The molecule has 5 heteroatoms. The Kier molecular flexibility index (Phi) is 4.62. The van der Waals surface area contributed by atoms with Crippen LogP contribution >= 0.6 is 0 Å². The minimum atomic E-state index is -0.606. The van der Waals surface area contributed by atoms with E-state index in [9.17, 15) is 9.90 Å². The molecule has 0 aliphatic carbocycles. The van der Waals surface area contributed by atoms with E-state index in [0.29, 0.717) is 19.5 Å². The zero-order chi connectivity index (χ0) is 14.6. The molecule has 3 N–H and O–H groups in total. The molecule has 0 aromatic heterocycles. The van der Waals surface area contributed by atoms with Crippen LogP contribution in [0.2, 0.25) is 0 Å². The normalized spacial score (nSPS) is 26.4. The molecule has 1 aromatic carbocycles. The SMILES string of the molecule is CC1(CN)CCN(C(=O)OCc2ccccc2)CC1O. The average molecular weight is 278 g/mol. The van der Waals surface area contributed by atoms with Crippen LogP contribution in [0.1, 0.15) is 18.9 Å². The first-order valence-corrected chi connectivity index (χ1v) is 6.89. The zero-order valence-corrected chi connectivity index (χ0v) is 11.8. The van der Waals surface area contributed by atoms with Gasteiger partial charge in [-0.2, -0.15) is 0 Å². The number of hydrogen-bond donors (Lipinski definition) is 2. The summed E-state index contributed by atoms with van der Waals surface area (Å²) in [6.45, 7) is 3.46. The zero-order valence-electron chi connectivity index (χ0n) is 11.8. The number of amides is 1. The van der Waals surface area contributed by atoms with Crippen molar-refractivity contribution in [1.82, 2.24) is 4.90 Å². The van der Waals surface area contributed by atoms with Crippen molar-refractivity contribution in [2.24, 2.45) is 11.1 Å². The fourth-order valence-electron chi connectivity index (χ4n) is 2.29. The lowest BCUT2D eigenvalue weighted by molar-refractivity contribution is -0.0300. The van der Waals surface area contributed by atoms with Gasteiger partial charge in [-0.1, -0.05) is 37.3 Å². The largest absolute Gasteiger partial charge is 0.445 e. The van der Waals surface area contributed by atoms with E-state index in [-0.39, 0.29) is 24.7 Å². The van der Waals surface area contributed by atoms with Gasteiger partial charge in [0.1, 0.15) is 6.61 Å².